The zero-order chi connectivity index (χ0) is 17.1. The number of benzene rings is 1. The molecule has 2 aromatic rings. The molecular formula is C16H17N5O3. The van der Waals surface area contributed by atoms with Crippen LogP contribution in [0.25, 0.3) is 5.69 Å². The van der Waals surface area contributed by atoms with E-state index < -0.39 is 18.0 Å². The van der Waals surface area contributed by atoms with Gasteiger partial charge in [0.25, 0.3) is 5.91 Å². The topological polar surface area (TPSA) is 105 Å². The Bertz CT molecular complexity index is 781. The lowest BCUT2D eigenvalue weighted by Crippen LogP contribution is -2.36. The van der Waals surface area contributed by atoms with Gasteiger partial charge >= 0.3 is 6.03 Å². The quantitative estimate of drug-likeness (QED) is 0.691. The number of aromatic nitrogens is 2. The Labute approximate surface area is 138 Å². The molecule has 24 heavy (non-hydrogen) atoms. The van der Waals surface area contributed by atoms with Gasteiger partial charge in [-0.15, -0.1) is 0 Å². The lowest BCUT2D eigenvalue weighted by atomic mass is 10.1. The Hall–Kier alpha value is -3.16. The molecule has 0 bridgehead atoms. The van der Waals surface area contributed by atoms with Gasteiger partial charge in [-0.1, -0.05) is 12.1 Å². The van der Waals surface area contributed by atoms with Gasteiger partial charge in [-0.3, -0.25) is 14.9 Å². The maximum Gasteiger partial charge on any atom is 0.322 e. The smallest absolute Gasteiger partial charge is 0.322 e. The molecule has 1 aliphatic rings. The fourth-order valence-electron chi connectivity index (χ4n) is 2.49. The van der Waals surface area contributed by atoms with Crippen LogP contribution in [0.1, 0.15) is 17.8 Å². The van der Waals surface area contributed by atoms with E-state index in [4.69, 9.17) is 0 Å². The van der Waals surface area contributed by atoms with Crippen molar-refractivity contribution in [2.45, 2.75) is 25.9 Å². The molecule has 1 aliphatic heterocycles. The highest BCUT2D eigenvalue weighted by atomic mass is 16.2. The number of aryl methyl sites for hydroxylation is 1. The summed E-state index contributed by atoms with van der Waals surface area (Å²) in [7, 11) is 0. The molecule has 3 rings (SSSR count). The first-order valence-corrected chi connectivity index (χ1v) is 7.50. The second-order valence-corrected chi connectivity index (χ2v) is 5.51. The number of hydrogen-bond donors (Lipinski definition) is 3. The first kappa shape index (κ1) is 15.7. The Balaban J connectivity index is 1.53. The molecule has 1 saturated heterocycles. The molecule has 4 amide bonds. The molecule has 0 radical (unpaired) electrons. The first-order valence-electron chi connectivity index (χ1n) is 7.50. The highest BCUT2D eigenvalue weighted by molar-refractivity contribution is 6.05. The molecule has 2 heterocycles. The average Bonchev–Trinajstić information content (AvgIpc) is 3.11. The second kappa shape index (κ2) is 6.53. The number of carbonyl (C=O) groups excluding carboxylic acids is 3. The zero-order valence-electron chi connectivity index (χ0n) is 13.1. The standard InChI is InChI=1S/C16H17N5O3/c1-10-17-6-7-21(10)12-4-2-11(3-5-12)9-18-14(22)8-13-15(23)20-16(24)19-13/h2-7,13H,8-9H2,1H3,(H,18,22)(H2,19,20,23,24)/t13-/m0/s1. The number of rotatable bonds is 5. The number of nitrogens with zero attached hydrogens (tertiary/aromatic N) is 2. The van der Waals surface area contributed by atoms with Gasteiger partial charge in [0.15, 0.2) is 0 Å². The number of urea groups is 1. The number of nitrogens with one attached hydrogen (secondary N) is 3. The lowest BCUT2D eigenvalue weighted by molar-refractivity contribution is -0.126. The van der Waals surface area contributed by atoms with Gasteiger partial charge in [0.05, 0.1) is 6.42 Å². The molecule has 1 aromatic heterocycles. The van der Waals surface area contributed by atoms with E-state index >= 15 is 0 Å². The number of imidazole rings is 1. The minimum absolute atomic E-state index is 0.0795. The Morgan fingerprint density at radius 2 is 2.04 bits per heavy atom. The fraction of sp³-hybridized carbons (Fsp3) is 0.250. The van der Waals surface area contributed by atoms with Crippen molar-refractivity contribution in [1.82, 2.24) is 25.5 Å². The van der Waals surface area contributed by atoms with Crippen LogP contribution in [0.5, 0.6) is 0 Å². The van der Waals surface area contributed by atoms with Gasteiger partial charge in [0, 0.05) is 24.6 Å². The van der Waals surface area contributed by atoms with Gasteiger partial charge in [0.2, 0.25) is 5.91 Å². The first-order chi connectivity index (χ1) is 11.5. The molecule has 0 spiro atoms. The Morgan fingerprint density at radius 3 is 2.62 bits per heavy atom. The van der Waals surface area contributed by atoms with Gasteiger partial charge < -0.3 is 15.2 Å². The number of imide groups is 1. The highest BCUT2D eigenvalue weighted by Crippen LogP contribution is 2.11. The summed E-state index contributed by atoms with van der Waals surface area (Å²) in [6.07, 6.45) is 3.54. The van der Waals surface area contributed by atoms with Crippen LogP contribution in [0.3, 0.4) is 0 Å². The van der Waals surface area contributed by atoms with Gasteiger partial charge in [0.1, 0.15) is 11.9 Å². The van der Waals surface area contributed by atoms with Crippen LogP contribution in [0.2, 0.25) is 0 Å². The SMILES string of the molecule is Cc1nccn1-c1ccc(CNC(=O)C[C@@H]2NC(=O)NC2=O)cc1. The van der Waals surface area contributed by atoms with Crippen molar-refractivity contribution < 1.29 is 14.4 Å². The van der Waals surface area contributed by atoms with Crippen molar-refractivity contribution in [3.63, 3.8) is 0 Å². The molecule has 1 atom stereocenters. The molecule has 124 valence electrons. The van der Waals surface area contributed by atoms with E-state index in [1.54, 1.807) is 6.20 Å². The molecule has 1 aromatic carbocycles. The van der Waals surface area contributed by atoms with Crippen LogP contribution in [-0.4, -0.2) is 33.4 Å². The molecular weight excluding hydrogens is 310 g/mol. The Morgan fingerprint density at radius 1 is 1.29 bits per heavy atom. The highest BCUT2D eigenvalue weighted by Gasteiger charge is 2.31. The van der Waals surface area contributed by atoms with Crippen molar-refractivity contribution in [2.24, 2.45) is 0 Å². The minimum atomic E-state index is -0.802. The predicted octanol–water partition coefficient (Wildman–Crippen LogP) is 0.395. The summed E-state index contributed by atoms with van der Waals surface area (Å²) in [6, 6.07) is 6.35. The predicted molar refractivity (Wildman–Crippen MR) is 85.2 cm³/mol. The summed E-state index contributed by atoms with van der Waals surface area (Å²) in [5.41, 5.74) is 1.93. The summed E-state index contributed by atoms with van der Waals surface area (Å²) in [5.74, 6) is 0.120. The van der Waals surface area contributed by atoms with Crippen molar-refractivity contribution >= 4 is 17.8 Å². The van der Waals surface area contributed by atoms with Crippen LogP contribution in [0, 0.1) is 6.92 Å². The normalized spacial score (nSPS) is 16.6. The molecule has 1 fully saturated rings. The maximum absolute atomic E-state index is 11.9. The largest absolute Gasteiger partial charge is 0.352 e. The molecule has 0 saturated carbocycles. The fourth-order valence-corrected chi connectivity index (χ4v) is 2.49. The average molecular weight is 327 g/mol. The van der Waals surface area contributed by atoms with Crippen molar-refractivity contribution in [2.75, 3.05) is 0 Å². The van der Waals surface area contributed by atoms with E-state index in [0.717, 1.165) is 17.1 Å². The lowest BCUT2D eigenvalue weighted by Gasteiger charge is -2.10. The van der Waals surface area contributed by atoms with Crippen molar-refractivity contribution in [1.29, 1.82) is 0 Å². The molecule has 3 N–H and O–H groups in total. The van der Waals surface area contributed by atoms with Gasteiger partial charge in [-0.2, -0.15) is 0 Å². The van der Waals surface area contributed by atoms with Crippen molar-refractivity contribution in [3.05, 3.63) is 48.0 Å². The van der Waals surface area contributed by atoms with Gasteiger partial charge in [-0.25, -0.2) is 9.78 Å². The second-order valence-electron chi connectivity index (χ2n) is 5.51. The van der Waals surface area contributed by atoms with E-state index in [-0.39, 0.29) is 12.3 Å². The van der Waals surface area contributed by atoms with Crippen molar-refractivity contribution in [3.8, 4) is 5.69 Å². The molecule has 0 unspecified atom stereocenters. The summed E-state index contributed by atoms with van der Waals surface area (Å²) in [5, 5.41) is 7.22. The maximum atomic E-state index is 11.9. The van der Waals surface area contributed by atoms with E-state index in [2.05, 4.69) is 20.9 Å². The summed E-state index contributed by atoms with van der Waals surface area (Å²) >= 11 is 0. The van der Waals surface area contributed by atoms with E-state index in [9.17, 15) is 14.4 Å². The van der Waals surface area contributed by atoms with Crippen LogP contribution < -0.4 is 16.0 Å². The number of carbonyl (C=O) groups is 3. The number of hydrogen-bond acceptors (Lipinski definition) is 4. The third kappa shape index (κ3) is 3.43. The van der Waals surface area contributed by atoms with E-state index in [1.807, 2.05) is 42.0 Å². The summed E-state index contributed by atoms with van der Waals surface area (Å²) < 4.78 is 1.96. The van der Waals surface area contributed by atoms with Crippen LogP contribution in [0.4, 0.5) is 4.79 Å². The van der Waals surface area contributed by atoms with Crippen LogP contribution in [0.15, 0.2) is 36.7 Å². The zero-order valence-corrected chi connectivity index (χ0v) is 13.1. The number of amides is 4. The monoisotopic (exact) mass is 327 g/mol. The van der Waals surface area contributed by atoms with Gasteiger partial charge in [-0.05, 0) is 24.6 Å². The molecule has 0 aliphatic carbocycles. The summed E-state index contributed by atoms with van der Waals surface area (Å²) in [6.45, 7) is 2.27. The minimum Gasteiger partial charge on any atom is -0.352 e. The van der Waals surface area contributed by atoms with E-state index in [0.29, 0.717) is 6.54 Å². The third-order valence-corrected chi connectivity index (χ3v) is 3.78. The Kier molecular flexibility index (Phi) is 4.28. The molecule has 8 heteroatoms. The third-order valence-electron chi connectivity index (χ3n) is 3.78. The summed E-state index contributed by atoms with van der Waals surface area (Å²) in [4.78, 5) is 38.4. The molecule has 8 nitrogen and oxygen atoms in total. The van der Waals surface area contributed by atoms with Crippen LogP contribution in [-0.2, 0) is 16.1 Å². The van der Waals surface area contributed by atoms with E-state index in [1.165, 1.54) is 0 Å². The van der Waals surface area contributed by atoms with Crippen LogP contribution >= 0.6 is 0 Å².